The quantitative estimate of drug-likeness (QED) is 0.572. The third-order valence-corrected chi connectivity index (χ3v) is 2.39. The van der Waals surface area contributed by atoms with Crippen LogP contribution in [-0.4, -0.2) is 61.0 Å². The molecule has 0 aliphatic rings. The second-order valence-corrected chi connectivity index (χ2v) is 3.70. The van der Waals surface area contributed by atoms with Gasteiger partial charge in [-0.05, 0) is 0 Å². The van der Waals surface area contributed by atoms with Crippen LogP contribution in [0, 0.1) is 0 Å². The molecule has 2 aromatic rings. The van der Waals surface area contributed by atoms with Gasteiger partial charge in [0.15, 0.2) is 0 Å². The molecule has 0 aromatic carbocycles. The summed E-state index contributed by atoms with van der Waals surface area (Å²) in [7, 11) is 0. The molecule has 2 rings (SSSR count). The molecule has 102 valence electrons. The molecule has 2 heterocycles. The van der Waals surface area contributed by atoms with Crippen LogP contribution in [0.4, 0.5) is 11.9 Å². The van der Waals surface area contributed by atoms with Crippen molar-refractivity contribution in [3.05, 3.63) is 18.7 Å². The van der Waals surface area contributed by atoms with Crippen LogP contribution in [-0.2, 0) is 0 Å². The summed E-state index contributed by atoms with van der Waals surface area (Å²) in [6, 6.07) is 0. The first-order valence-corrected chi connectivity index (χ1v) is 5.71. The molecule has 19 heavy (non-hydrogen) atoms. The van der Waals surface area contributed by atoms with E-state index in [0.717, 1.165) is 0 Å². The maximum Gasteiger partial charge on any atom is 0.241 e. The standard InChI is InChI=1S/C10H15N7O2/c11-8-13-9(16(3-5-18)4-6-19)15-10(14-8)17-2-1-12-7-17/h1-2,7,18-19H,3-6H2,(H2,11,13,14,15). The van der Waals surface area contributed by atoms with E-state index in [9.17, 15) is 0 Å². The molecule has 0 bridgehead atoms. The van der Waals surface area contributed by atoms with Gasteiger partial charge in [0.25, 0.3) is 0 Å². The van der Waals surface area contributed by atoms with Gasteiger partial charge in [-0.3, -0.25) is 4.57 Å². The lowest BCUT2D eigenvalue weighted by Crippen LogP contribution is -2.32. The van der Waals surface area contributed by atoms with Crippen molar-refractivity contribution in [1.29, 1.82) is 0 Å². The summed E-state index contributed by atoms with van der Waals surface area (Å²) >= 11 is 0. The average Bonchev–Trinajstić information content (AvgIpc) is 2.91. The number of aliphatic hydroxyl groups excluding tert-OH is 2. The minimum atomic E-state index is -0.0774. The molecule has 0 amide bonds. The molecule has 0 saturated heterocycles. The average molecular weight is 265 g/mol. The van der Waals surface area contributed by atoms with E-state index in [1.807, 2.05) is 0 Å². The predicted molar refractivity (Wildman–Crippen MR) is 67.7 cm³/mol. The third kappa shape index (κ3) is 3.14. The Hall–Kier alpha value is -2.26. The van der Waals surface area contributed by atoms with Gasteiger partial charge < -0.3 is 20.8 Å². The molecule has 0 aliphatic carbocycles. The van der Waals surface area contributed by atoms with E-state index >= 15 is 0 Å². The lowest BCUT2D eigenvalue weighted by atomic mass is 10.5. The Kier molecular flexibility index (Phi) is 4.21. The minimum Gasteiger partial charge on any atom is -0.395 e. The minimum absolute atomic E-state index is 0.0644. The van der Waals surface area contributed by atoms with Gasteiger partial charge in [-0.1, -0.05) is 0 Å². The Bertz CT molecular complexity index is 511. The normalized spacial score (nSPS) is 10.6. The second-order valence-electron chi connectivity index (χ2n) is 3.70. The van der Waals surface area contributed by atoms with Crippen molar-refractivity contribution in [1.82, 2.24) is 24.5 Å². The van der Waals surface area contributed by atoms with Crippen LogP contribution in [0.1, 0.15) is 0 Å². The molecule has 0 fully saturated rings. The summed E-state index contributed by atoms with van der Waals surface area (Å²) in [5.74, 6) is 0.703. The zero-order valence-electron chi connectivity index (χ0n) is 10.2. The van der Waals surface area contributed by atoms with E-state index in [1.165, 1.54) is 0 Å². The molecule has 2 aromatic heterocycles. The van der Waals surface area contributed by atoms with Crippen LogP contribution in [0.3, 0.4) is 0 Å². The summed E-state index contributed by atoms with van der Waals surface area (Å²) in [5, 5.41) is 18.0. The number of rotatable bonds is 6. The first-order chi connectivity index (χ1) is 9.24. The van der Waals surface area contributed by atoms with Crippen molar-refractivity contribution >= 4 is 11.9 Å². The summed E-state index contributed by atoms with van der Waals surface area (Å²) in [6.45, 7) is 0.443. The largest absolute Gasteiger partial charge is 0.395 e. The fourth-order valence-corrected chi connectivity index (χ4v) is 1.56. The van der Waals surface area contributed by atoms with Crippen molar-refractivity contribution in [2.24, 2.45) is 0 Å². The van der Waals surface area contributed by atoms with Gasteiger partial charge in [-0.15, -0.1) is 0 Å². The zero-order valence-corrected chi connectivity index (χ0v) is 10.2. The number of imidazole rings is 1. The van der Waals surface area contributed by atoms with Crippen molar-refractivity contribution in [2.75, 3.05) is 36.9 Å². The molecule has 0 atom stereocenters. The van der Waals surface area contributed by atoms with Crippen molar-refractivity contribution in [3.8, 4) is 5.95 Å². The Morgan fingerprint density at radius 3 is 2.47 bits per heavy atom. The SMILES string of the molecule is Nc1nc(N(CCO)CCO)nc(-n2ccnc2)n1. The van der Waals surface area contributed by atoms with Crippen LogP contribution in [0.15, 0.2) is 18.7 Å². The molecule has 9 nitrogen and oxygen atoms in total. The maximum absolute atomic E-state index is 9.01. The number of aliphatic hydroxyl groups is 2. The fraction of sp³-hybridized carbons (Fsp3) is 0.400. The highest BCUT2D eigenvalue weighted by molar-refractivity contribution is 5.37. The number of hydrogen-bond acceptors (Lipinski definition) is 8. The highest BCUT2D eigenvalue weighted by Crippen LogP contribution is 2.11. The first kappa shape index (κ1) is 13.2. The van der Waals surface area contributed by atoms with Crippen LogP contribution < -0.4 is 10.6 Å². The van der Waals surface area contributed by atoms with Gasteiger partial charge in [-0.25, -0.2) is 4.98 Å². The lowest BCUT2D eigenvalue weighted by Gasteiger charge is -2.20. The van der Waals surface area contributed by atoms with Gasteiger partial charge in [0, 0.05) is 25.5 Å². The lowest BCUT2D eigenvalue weighted by molar-refractivity contribution is 0.280. The molecule has 0 aliphatic heterocycles. The Morgan fingerprint density at radius 2 is 1.89 bits per heavy atom. The molecular formula is C10H15N7O2. The van der Waals surface area contributed by atoms with Crippen LogP contribution in [0.5, 0.6) is 0 Å². The van der Waals surface area contributed by atoms with Gasteiger partial charge in [-0.2, -0.15) is 15.0 Å². The summed E-state index contributed by atoms with van der Waals surface area (Å²) in [5.41, 5.74) is 5.65. The molecule has 0 spiro atoms. The van der Waals surface area contributed by atoms with Crippen LogP contribution >= 0.6 is 0 Å². The van der Waals surface area contributed by atoms with Crippen molar-refractivity contribution < 1.29 is 10.2 Å². The molecule has 0 saturated carbocycles. The summed E-state index contributed by atoms with van der Waals surface area (Å²) < 4.78 is 1.59. The molecule has 0 unspecified atom stereocenters. The van der Waals surface area contributed by atoms with Gasteiger partial charge in [0.05, 0.1) is 13.2 Å². The Balaban J connectivity index is 2.34. The smallest absolute Gasteiger partial charge is 0.241 e. The highest BCUT2D eigenvalue weighted by Gasteiger charge is 2.12. The van der Waals surface area contributed by atoms with Gasteiger partial charge in [0.2, 0.25) is 17.8 Å². The topological polar surface area (TPSA) is 126 Å². The highest BCUT2D eigenvalue weighted by atomic mass is 16.3. The van der Waals surface area contributed by atoms with E-state index in [1.54, 1.807) is 28.2 Å². The second kappa shape index (κ2) is 6.07. The van der Waals surface area contributed by atoms with E-state index in [4.69, 9.17) is 15.9 Å². The molecular weight excluding hydrogens is 250 g/mol. The van der Waals surface area contributed by atoms with Crippen molar-refractivity contribution in [3.63, 3.8) is 0 Å². The molecule has 9 heteroatoms. The number of anilines is 2. The van der Waals surface area contributed by atoms with E-state index in [2.05, 4.69) is 19.9 Å². The van der Waals surface area contributed by atoms with E-state index < -0.39 is 0 Å². The number of aromatic nitrogens is 5. The Labute approximate surface area is 109 Å². The van der Waals surface area contributed by atoms with Crippen LogP contribution in [0.2, 0.25) is 0 Å². The van der Waals surface area contributed by atoms with Gasteiger partial charge >= 0.3 is 0 Å². The third-order valence-electron chi connectivity index (χ3n) is 2.39. The maximum atomic E-state index is 9.01. The van der Waals surface area contributed by atoms with Crippen molar-refractivity contribution in [2.45, 2.75) is 0 Å². The van der Waals surface area contributed by atoms with Crippen LogP contribution in [0.25, 0.3) is 5.95 Å². The number of hydrogen-bond donors (Lipinski definition) is 3. The number of nitrogens with zero attached hydrogens (tertiary/aromatic N) is 6. The van der Waals surface area contributed by atoms with Gasteiger partial charge in [0.1, 0.15) is 6.33 Å². The fourth-order valence-electron chi connectivity index (χ4n) is 1.56. The van der Waals surface area contributed by atoms with E-state index in [0.29, 0.717) is 25.0 Å². The number of nitrogen functional groups attached to an aromatic ring is 1. The summed E-state index contributed by atoms with van der Waals surface area (Å²) in [6.07, 6.45) is 4.82. The monoisotopic (exact) mass is 265 g/mol. The molecule has 0 radical (unpaired) electrons. The molecule has 4 N–H and O–H groups in total. The zero-order chi connectivity index (χ0) is 13.7. The number of nitrogens with two attached hydrogens (primary N) is 1. The first-order valence-electron chi connectivity index (χ1n) is 5.71. The predicted octanol–water partition coefficient (Wildman–Crippen LogP) is -1.57. The van der Waals surface area contributed by atoms with E-state index in [-0.39, 0.29) is 19.2 Å². The summed E-state index contributed by atoms with van der Waals surface area (Å²) in [4.78, 5) is 17.8. The Morgan fingerprint density at radius 1 is 1.16 bits per heavy atom.